The molecule has 0 spiro atoms. The van der Waals surface area contributed by atoms with Gasteiger partial charge in [-0.15, -0.1) is 0 Å². The van der Waals surface area contributed by atoms with E-state index < -0.39 is 12.1 Å². The molecule has 0 aromatic carbocycles. The highest BCUT2D eigenvalue weighted by Gasteiger charge is 2.25. The molecule has 1 atom stereocenters. The normalized spacial score (nSPS) is 11.8. The molecule has 0 amide bonds. The van der Waals surface area contributed by atoms with Crippen LogP contribution in [-0.4, -0.2) is 36.8 Å². The first-order valence-electron chi connectivity index (χ1n) is 4.90. The minimum Gasteiger partial charge on any atom is -0.481 e. The topological polar surface area (TPSA) is 70.5 Å². The molecule has 0 bridgehead atoms. The van der Waals surface area contributed by atoms with E-state index in [9.17, 15) is 9.18 Å². The monoisotopic (exact) mass is 244 g/mol. The quantitative estimate of drug-likeness (QED) is 0.721. The Balaban J connectivity index is 2.99. The molecule has 94 valence electrons. The molecule has 0 aliphatic rings. The Hall–Kier alpha value is -1.92. The van der Waals surface area contributed by atoms with E-state index in [-0.39, 0.29) is 24.2 Å². The van der Waals surface area contributed by atoms with E-state index in [1.165, 1.54) is 20.3 Å². The standard InChI is InChI=1S/C10H13FN2O4/c1-4-17-10(14)8(11)9-12-6(15-2)5-7(13-9)16-3/h5,8H,4H2,1-3H3. The molecule has 0 aliphatic heterocycles. The summed E-state index contributed by atoms with van der Waals surface area (Å²) in [6, 6.07) is 1.38. The summed E-state index contributed by atoms with van der Waals surface area (Å²) in [7, 11) is 2.73. The summed E-state index contributed by atoms with van der Waals surface area (Å²) >= 11 is 0. The molecule has 1 heterocycles. The minimum absolute atomic E-state index is 0.0837. The molecule has 0 fully saturated rings. The Kier molecular flexibility index (Phi) is 4.62. The van der Waals surface area contributed by atoms with Crippen LogP contribution in [0, 0.1) is 0 Å². The Morgan fingerprint density at radius 3 is 2.29 bits per heavy atom. The Labute approximate surface area is 97.7 Å². The second-order valence-corrected chi connectivity index (χ2v) is 2.93. The Morgan fingerprint density at radius 1 is 1.35 bits per heavy atom. The number of carbonyl (C=O) groups is 1. The van der Waals surface area contributed by atoms with Crippen molar-refractivity contribution in [3.8, 4) is 11.8 Å². The third kappa shape index (κ3) is 3.27. The predicted octanol–water partition coefficient (Wildman–Crippen LogP) is 1.07. The third-order valence-corrected chi connectivity index (χ3v) is 1.83. The van der Waals surface area contributed by atoms with Gasteiger partial charge in [0.05, 0.1) is 26.9 Å². The summed E-state index contributed by atoms with van der Waals surface area (Å²) < 4.78 is 27.8. The van der Waals surface area contributed by atoms with Gasteiger partial charge in [0.25, 0.3) is 6.17 Å². The molecule has 1 aromatic rings. The van der Waals surface area contributed by atoms with Gasteiger partial charge in [-0.05, 0) is 6.92 Å². The van der Waals surface area contributed by atoms with E-state index in [0.29, 0.717) is 0 Å². The van der Waals surface area contributed by atoms with Crippen LogP contribution in [0.1, 0.15) is 18.9 Å². The number of alkyl halides is 1. The lowest BCUT2D eigenvalue weighted by Gasteiger charge is -2.09. The lowest BCUT2D eigenvalue weighted by Crippen LogP contribution is -2.15. The molecule has 6 nitrogen and oxygen atoms in total. The molecule has 0 N–H and O–H groups in total. The van der Waals surface area contributed by atoms with Gasteiger partial charge in [-0.1, -0.05) is 0 Å². The highest BCUT2D eigenvalue weighted by molar-refractivity contribution is 5.75. The van der Waals surface area contributed by atoms with E-state index in [1.54, 1.807) is 6.92 Å². The fourth-order valence-electron chi connectivity index (χ4n) is 1.06. The van der Waals surface area contributed by atoms with Crippen LogP contribution in [0.25, 0.3) is 0 Å². The number of aromatic nitrogens is 2. The summed E-state index contributed by atoms with van der Waals surface area (Å²) in [5.41, 5.74) is 0. The van der Waals surface area contributed by atoms with Crippen molar-refractivity contribution in [1.82, 2.24) is 9.97 Å². The molecular formula is C10H13FN2O4. The molecule has 0 saturated carbocycles. The van der Waals surface area contributed by atoms with Gasteiger partial charge in [0, 0.05) is 0 Å². The highest BCUT2D eigenvalue weighted by atomic mass is 19.1. The fourth-order valence-corrected chi connectivity index (χ4v) is 1.06. The summed E-state index contributed by atoms with van der Waals surface area (Å²) in [5, 5.41) is 0. The Morgan fingerprint density at radius 2 is 1.88 bits per heavy atom. The SMILES string of the molecule is CCOC(=O)C(F)c1nc(OC)cc(OC)n1. The van der Waals surface area contributed by atoms with Gasteiger partial charge in [-0.2, -0.15) is 9.97 Å². The first-order valence-corrected chi connectivity index (χ1v) is 4.90. The van der Waals surface area contributed by atoms with Crippen molar-refractivity contribution in [1.29, 1.82) is 0 Å². The zero-order valence-electron chi connectivity index (χ0n) is 9.77. The molecule has 17 heavy (non-hydrogen) atoms. The van der Waals surface area contributed by atoms with E-state index in [4.69, 9.17) is 9.47 Å². The smallest absolute Gasteiger partial charge is 0.348 e. The lowest BCUT2D eigenvalue weighted by atomic mass is 10.3. The number of ether oxygens (including phenoxy) is 3. The first-order chi connectivity index (χ1) is 8.12. The van der Waals surface area contributed by atoms with Gasteiger partial charge >= 0.3 is 5.97 Å². The molecule has 7 heteroatoms. The molecular weight excluding hydrogens is 231 g/mol. The summed E-state index contributed by atoms with van der Waals surface area (Å²) in [5.74, 6) is -1.17. The maximum atomic E-state index is 13.6. The van der Waals surface area contributed by atoms with Crippen molar-refractivity contribution >= 4 is 5.97 Å². The van der Waals surface area contributed by atoms with Crippen LogP contribution in [0.15, 0.2) is 6.07 Å². The highest BCUT2D eigenvalue weighted by Crippen LogP contribution is 2.21. The molecule has 1 rings (SSSR count). The van der Waals surface area contributed by atoms with Crippen LogP contribution in [0.2, 0.25) is 0 Å². The van der Waals surface area contributed by atoms with Gasteiger partial charge in [0.15, 0.2) is 5.82 Å². The van der Waals surface area contributed by atoms with Gasteiger partial charge in [-0.3, -0.25) is 0 Å². The summed E-state index contributed by atoms with van der Waals surface area (Å²) in [4.78, 5) is 18.6. The zero-order valence-corrected chi connectivity index (χ0v) is 9.77. The van der Waals surface area contributed by atoms with Crippen LogP contribution in [0.4, 0.5) is 4.39 Å². The van der Waals surface area contributed by atoms with E-state index in [0.717, 1.165) is 0 Å². The van der Waals surface area contributed by atoms with Gasteiger partial charge in [0.2, 0.25) is 11.8 Å². The fraction of sp³-hybridized carbons (Fsp3) is 0.500. The zero-order chi connectivity index (χ0) is 12.8. The van der Waals surface area contributed by atoms with Crippen LogP contribution in [-0.2, 0) is 9.53 Å². The number of rotatable bonds is 5. The number of nitrogens with zero attached hydrogens (tertiary/aromatic N) is 2. The first kappa shape index (κ1) is 13.1. The van der Waals surface area contributed by atoms with E-state index >= 15 is 0 Å². The summed E-state index contributed by atoms with van der Waals surface area (Å²) in [6.07, 6.45) is -2.06. The number of esters is 1. The number of halogens is 1. The number of hydrogen-bond acceptors (Lipinski definition) is 6. The molecule has 0 saturated heterocycles. The number of carbonyl (C=O) groups excluding carboxylic acids is 1. The number of methoxy groups -OCH3 is 2. The largest absolute Gasteiger partial charge is 0.481 e. The Bertz CT molecular complexity index is 378. The van der Waals surface area contributed by atoms with Crippen LogP contribution >= 0.6 is 0 Å². The maximum absolute atomic E-state index is 13.6. The van der Waals surface area contributed by atoms with Crippen molar-refractivity contribution in [3.63, 3.8) is 0 Å². The molecule has 1 aromatic heterocycles. The van der Waals surface area contributed by atoms with Crippen LogP contribution in [0.5, 0.6) is 11.8 Å². The maximum Gasteiger partial charge on any atom is 0.348 e. The van der Waals surface area contributed by atoms with Gasteiger partial charge in [-0.25, -0.2) is 9.18 Å². The molecule has 0 radical (unpaired) electrons. The lowest BCUT2D eigenvalue weighted by molar-refractivity contribution is -0.149. The van der Waals surface area contributed by atoms with Crippen LogP contribution < -0.4 is 9.47 Å². The second kappa shape index (κ2) is 5.97. The average Bonchev–Trinajstić information content (AvgIpc) is 2.37. The molecule has 1 unspecified atom stereocenters. The van der Waals surface area contributed by atoms with Crippen LogP contribution in [0.3, 0.4) is 0 Å². The van der Waals surface area contributed by atoms with Crippen molar-refractivity contribution in [2.75, 3.05) is 20.8 Å². The van der Waals surface area contributed by atoms with Gasteiger partial charge in [0.1, 0.15) is 0 Å². The summed E-state index contributed by atoms with van der Waals surface area (Å²) in [6.45, 7) is 1.66. The van der Waals surface area contributed by atoms with Crippen molar-refractivity contribution in [2.24, 2.45) is 0 Å². The number of hydrogen-bond donors (Lipinski definition) is 0. The van der Waals surface area contributed by atoms with E-state index in [1.807, 2.05) is 0 Å². The van der Waals surface area contributed by atoms with Gasteiger partial charge < -0.3 is 14.2 Å². The van der Waals surface area contributed by atoms with Crippen molar-refractivity contribution in [3.05, 3.63) is 11.9 Å². The second-order valence-electron chi connectivity index (χ2n) is 2.93. The minimum atomic E-state index is -2.06. The van der Waals surface area contributed by atoms with Crippen molar-refractivity contribution < 1.29 is 23.4 Å². The van der Waals surface area contributed by atoms with E-state index in [2.05, 4.69) is 14.7 Å². The average molecular weight is 244 g/mol. The molecule has 0 aliphatic carbocycles. The van der Waals surface area contributed by atoms with Crippen molar-refractivity contribution in [2.45, 2.75) is 13.1 Å². The predicted molar refractivity (Wildman–Crippen MR) is 55.6 cm³/mol. The third-order valence-electron chi connectivity index (χ3n) is 1.83.